The number of nitriles is 1. The highest BCUT2D eigenvalue weighted by molar-refractivity contribution is 9.10. The summed E-state index contributed by atoms with van der Waals surface area (Å²) in [4.78, 5) is 114. The fourth-order valence-corrected chi connectivity index (χ4v) is 23.7. The van der Waals surface area contributed by atoms with E-state index in [9.17, 15) is 63.6 Å². The zero-order valence-corrected chi connectivity index (χ0v) is 83.9. The highest BCUT2D eigenvalue weighted by Crippen LogP contribution is 2.50. The average molecular weight is 2160 g/mol. The second-order valence-electron chi connectivity index (χ2n) is 32.0. The Bertz CT molecular complexity index is 6690. The van der Waals surface area contributed by atoms with Gasteiger partial charge in [-0.25, -0.2) is 92.7 Å². The molecule has 0 amide bonds. The summed E-state index contributed by atoms with van der Waals surface area (Å²) >= 11 is 25.2. The van der Waals surface area contributed by atoms with Gasteiger partial charge in [-0.15, -0.1) is 45.3 Å². The number of rotatable bonds is 24. The summed E-state index contributed by atoms with van der Waals surface area (Å²) in [5, 5.41) is 19.1. The van der Waals surface area contributed by atoms with E-state index in [1.54, 1.807) is 91.8 Å². The minimum absolute atomic E-state index is 0.117. The van der Waals surface area contributed by atoms with Crippen molar-refractivity contribution in [1.29, 1.82) is 5.26 Å². The van der Waals surface area contributed by atoms with Crippen molar-refractivity contribution in [3.05, 3.63) is 279 Å². The minimum atomic E-state index is -3.47. The second-order valence-corrected chi connectivity index (χ2v) is 41.8. The van der Waals surface area contributed by atoms with Gasteiger partial charge in [0.1, 0.15) is 58.7 Å². The number of benzene rings is 5. The topological polar surface area (TPSA) is 377 Å². The number of aliphatic imine (C=N–C) groups is 4. The summed E-state index contributed by atoms with van der Waals surface area (Å²) in [7, 11) is -2.73. The number of fused-ring (bicyclic) bond motifs is 4. The number of nitrogens with one attached hydrogen (secondary N) is 2. The van der Waals surface area contributed by atoms with Gasteiger partial charge in [0.15, 0.2) is 49.6 Å². The molecular weight excluding hydrogens is 2070 g/mol. The number of nitrogens with zero attached hydrogens (tertiary/aromatic N) is 15. The quantitative estimate of drug-likeness (QED) is 0.0245. The fourth-order valence-electron chi connectivity index (χ4n) is 17.1. The maximum Gasteiger partial charge on any atom is 0.338 e. The zero-order chi connectivity index (χ0) is 97.6. The molecule has 1 saturated carbocycles. The van der Waals surface area contributed by atoms with Crippen LogP contribution in [0.2, 0.25) is 10.0 Å². The number of halogens is 8. The first-order valence-electron chi connectivity index (χ1n) is 42.6. The molecule has 0 bridgehead atoms. The number of piperazine rings is 2. The Kier molecular flexibility index (Phi) is 31.6. The number of thiazole rings is 4. The van der Waals surface area contributed by atoms with Gasteiger partial charge in [0, 0.05) is 164 Å². The van der Waals surface area contributed by atoms with Crippen LogP contribution in [0.3, 0.4) is 0 Å². The van der Waals surface area contributed by atoms with Crippen LogP contribution in [0.15, 0.2) is 217 Å². The van der Waals surface area contributed by atoms with E-state index in [1.165, 1.54) is 114 Å². The van der Waals surface area contributed by atoms with Gasteiger partial charge >= 0.3 is 29.8 Å². The first kappa shape index (κ1) is 100. The number of amidine groups is 4. The second kappa shape index (κ2) is 43.1. The molecule has 0 radical (unpaired) electrons. The van der Waals surface area contributed by atoms with Crippen LogP contribution in [-0.2, 0) is 79.8 Å². The average Bonchev–Trinajstić information content (AvgIpc) is 1.68. The van der Waals surface area contributed by atoms with E-state index in [-0.39, 0.29) is 84.3 Å². The van der Waals surface area contributed by atoms with Crippen LogP contribution in [0.25, 0.3) is 0 Å². The Morgan fingerprint density at radius 2 is 1.02 bits per heavy atom. The summed E-state index contributed by atoms with van der Waals surface area (Å²) in [5.41, 5.74) is 5.25. The van der Waals surface area contributed by atoms with Gasteiger partial charge < -0.3 is 52.9 Å². The number of hydrogen-bond donors (Lipinski definition) is 2. The van der Waals surface area contributed by atoms with Crippen molar-refractivity contribution in [2.45, 2.75) is 107 Å². The van der Waals surface area contributed by atoms with Gasteiger partial charge in [0.25, 0.3) is 0 Å². The lowest BCUT2D eigenvalue weighted by Gasteiger charge is -2.46. The normalized spacial score (nSPS) is 20.8. The van der Waals surface area contributed by atoms with Crippen molar-refractivity contribution in [3.8, 4) is 11.9 Å². The number of sulfonamides is 2. The third-order valence-corrected chi connectivity index (χ3v) is 30.9. The number of carbonyl (C=O) groups excluding carboxylic acids is 5. The Morgan fingerprint density at radius 1 is 0.547 bits per heavy atom. The predicted molar refractivity (Wildman–Crippen MR) is 514 cm³/mol. The molecule has 4 aromatic heterocycles. The van der Waals surface area contributed by atoms with E-state index in [1.807, 2.05) is 50.2 Å². The molecule has 9 aromatic rings. The summed E-state index contributed by atoms with van der Waals surface area (Å²) in [6.07, 6.45) is 11.7. The predicted octanol–water partition coefficient (Wildman–Crippen LogP) is 14.3. The zero-order valence-electron chi connectivity index (χ0n) is 74.3. The molecule has 0 unspecified atom stereocenters. The summed E-state index contributed by atoms with van der Waals surface area (Å²) in [5.74, 6) is -1.80. The van der Waals surface area contributed by atoms with E-state index in [2.05, 4.69) is 72.3 Å². The van der Waals surface area contributed by atoms with Crippen molar-refractivity contribution in [1.82, 2.24) is 58.8 Å². The van der Waals surface area contributed by atoms with Crippen molar-refractivity contribution < 1.29 is 86.8 Å². The van der Waals surface area contributed by atoms with Crippen molar-refractivity contribution in [2.24, 2.45) is 20.0 Å². The number of methoxy groups -OCH3 is 3. The lowest BCUT2D eigenvalue weighted by Crippen LogP contribution is -2.59. The molecule has 137 heavy (non-hydrogen) atoms. The third-order valence-electron chi connectivity index (χ3n) is 23.1. The molecule has 46 heteroatoms. The van der Waals surface area contributed by atoms with Crippen LogP contribution in [0.5, 0.6) is 5.75 Å². The van der Waals surface area contributed by atoms with Crippen LogP contribution in [0.1, 0.15) is 119 Å². The van der Waals surface area contributed by atoms with Gasteiger partial charge in [-0.05, 0) is 118 Å². The molecule has 18 rings (SSSR count). The van der Waals surface area contributed by atoms with E-state index in [0.717, 1.165) is 23.6 Å². The van der Waals surface area contributed by atoms with Crippen LogP contribution in [-0.4, -0.2) is 236 Å². The molecule has 718 valence electrons. The Balaban J connectivity index is 0.000000140. The van der Waals surface area contributed by atoms with Gasteiger partial charge in [-0.1, -0.05) is 91.5 Å². The van der Waals surface area contributed by atoms with Crippen LogP contribution < -0.4 is 14.2 Å². The summed E-state index contributed by atoms with van der Waals surface area (Å²) in [6.45, 7) is 10.3. The maximum atomic E-state index is 14.1. The molecule has 32 nitrogen and oxygen atoms in total. The van der Waals surface area contributed by atoms with Gasteiger partial charge in [0.2, 0.25) is 20.0 Å². The summed E-state index contributed by atoms with van der Waals surface area (Å²) in [6, 6.07) is 19.9. The maximum absolute atomic E-state index is 14.1. The van der Waals surface area contributed by atoms with Crippen molar-refractivity contribution in [3.63, 3.8) is 0 Å². The van der Waals surface area contributed by atoms with Crippen LogP contribution in [0, 0.1) is 34.7 Å². The van der Waals surface area contributed by atoms with Gasteiger partial charge in [-0.2, -0.15) is 5.26 Å². The largest absolute Gasteiger partial charge is 0.497 e. The number of ether oxygens (including phenoxy) is 6. The number of aromatic nitrogens is 4. The minimum Gasteiger partial charge on any atom is -0.497 e. The van der Waals surface area contributed by atoms with Gasteiger partial charge in [0.05, 0.1) is 87.2 Å². The smallest absolute Gasteiger partial charge is 0.338 e. The Labute approximate surface area is 828 Å². The highest BCUT2D eigenvalue weighted by Gasteiger charge is 2.53. The highest BCUT2D eigenvalue weighted by atomic mass is 79.9. The monoisotopic (exact) mass is 2150 g/mol. The van der Waals surface area contributed by atoms with E-state index < -0.39 is 115 Å². The van der Waals surface area contributed by atoms with E-state index in [4.69, 9.17) is 71.6 Å². The third kappa shape index (κ3) is 22.0. The Hall–Kier alpha value is -11.1. The molecule has 5 fully saturated rings. The Morgan fingerprint density at radius 3 is 1.52 bits per heavy atom. The SMILES string of the molecule is CCOC(=O)C1=C2CN(C#N)CCN2C(c2nccs2)=N[C@H]1c1ccc(F)cc1Br.CCOC(=O)C1=C2CN(Cc3ccc(OC)cc3)C[C@H](C(=O)OC)N2C(c2nccs2)=N[C@H]1c1ccc(F)cc1Br.CCOC(=O)C1=C2C[C@H](NS(=O)(=O)C3CC3)CN2C(c2nccs2)=N[C@@]1(C)c1ccc(F)cc1Cl.COC(=O)C1=C2C[C@H](NS(C)(=O)=O)CN2C(c2nccs2)=N[C@@H]1c1ccc(F)cc1Cl. The molecule has 5 aromatic carbocycles. The molecule has 0 spiro atoms. The molecule has 4 saturated heterocycles. The molecule has 12 heterocycles. The molecule has 1 aliphatic carbocycles. The fraction of sp³-hybridized carbons (Fsp3) is 0.341. The number of hydrogen-bond acceptors (Lipinski definition) is 34. The van der Waals surface area contributed by atoms with E-state index >= 15 is 0 Å². The van der Waals surface area contributed by atoms with Gasteiger partial charge in [-0.3, -0.25) is 19.9 Å². The molecule has 9 aliphatic rings. The molecule has 2 N–H and O–H groups in total. The standard InChI is InChI=1S/C29H28BrFN4O5S.C23H24ClFN4O4S2.C20H17BrFN5O2S.C19H18ClFN4O4S2/c1-4-40-29(37)24-22-15-34(14-17-5-8-19(38-2)9-6-17)16-23(28(36)39-3)35(22)26(27-32-11-12-41-27)33-25(24)20-10-7-18(31)13-21(20)30;1-3-33-22(30)19-18-11-14(28-35(31,32)15-5-6-15)12-29(18)20(21-26-8-9-34-21)27-23(19,2)16-7-4-13(25)10-17(16)24;1-2-29-20(28)16-15-10-26(11-23)6-7-27(15)18(19-24-5-8-30-19)25-17(16)13-4-3-12(22)9-14(13)21;1-29-19(26)15-14-8-11(24-31(2,27)28)9-25(14)17(18-22-5-6-30-18)23-16(15)12-4-3-10(21)7-13(12)20/h5-13,23,25H,4,14-16H2,1-3H3;4,7-10,14-15,28H,3,5-6,11-12H2,1-2H3;3-5,8-9,17H,2,6-7,10H2,1H3;3-7,11,16,24H,8-9H2,1-2H3/t23-,25+;14-,23-;17-;11-,16+/m1000/s1. The van der Waals surface area contributed by atoms with Crippen molar-refractivity contribution in [2.75, 3.05) is 93.2 Å². The molecule has 7 atom stereocenters. The lowest BCUT2D eigenvalue weighted by molar-refractivity contribution is -0.147. The number of esters is 5. The summed E-state index contributed by atoms with van der Waals surface area (Å²) < 4.78 is 143. The van der Waals surface area contributed by atoms with Crippen LogP contribution >= 0.6 is 100 Å². The number of carbonyl (C=O) groups is 5. The van der Waals surface area contributed by atoms with Crippen LogP contribution in [0.4, 0.5) is 17.6 Å². The van der Waals surface area contributed by atoms with E-state index in [0.29, 0.717) is 148 Å². The first-order valence-corrected chi connectivity index (χ1v) is 51.9. The lowest BCUT2D eigenvalue weighted by atomic mass is 9.81. The molecule has 8 aliphatic heterocycles. The molecular formula is C91H87Br2Cl2F4N17O15S6. The first-order chi connectivity index (χ1) is 65.7. The van der Waals surface area contributed by atoms with Crippen molar-refractivity contribution >= 4 is 174 Å².